The van der Waals surface area contributed by atoms with Gasteiger partial charge < -0.3 is 9.15 Å². The molecule has 0 aliphatic rings. The Balaban J connectivity index is 1.75. The van der Waals surface area contributed by atoms with Crippen LogP contribution in [0.5, 0.6) is 5.75 Å². The lowest BCUT2D eigenvalue weighted by molar-refractivity contribution is 0.0896. The molecule has 0 atom stereocenters. The molecule has 0 amide bonds. The van der Waals surface area contributed by atoms with Gasteiger partial charge in [-0.2, -0.15) is 0 Å². The molecule has 0 saturated carbocycles. The van der Waals surface area contributed by atoms with Crippen molar-refractivity contribution in [1.82, 2.24) is 0 Å². The van der Waals surface area contributed by atoms with E-state index >= 15 is 0 Å². The van der Waals surface area contributed by atoms with Crippen molar-refractivity contribution < 1.29 is 13.9 Å². The molecule has 106 valence electrons. The van der Waals surface area contributed by atoms with Crippen molar-refractivity contribution in [3.05, 3.63) is 64.3 Å². The van der Waals surface area contributed by atoms with E-state index in [1.165, 1.54) is 0 Å². The molecule has 21 heavy (non-hydrogen) atoms. The van der Waals surface area contributed by atoms with E-state index in [0.717, 1.165) is 5.39 Å². The summed E-state index contributed by atoms with van der Waals surface area (Å²) in [6, 6.07) is 13.9. The van der Waals surface area contributed by atoms with E-state index in [2.05, 4.69) is 0 Å². The fraction of sp³-hybridized carbons (Fsp3) is 0.0625. The Labute approximate surface area is 131 Å². The zero-order valence-electron chi connectivity index (χ0n) is 10.8. The molecule has 1 heterocycles. The average molecular weight is 321 g/mol. The standard InChI is InChI=1S/C16H10Cl2O3/c17-11-5-6-12(18)15(8-11)20-9-13(19)16-7-10-3-1-2-4-14(10)21-16/h1-8H,9H2. The number of halogens is 2. The number of hydrogen-bond donors (Lipinski definition) is 0. The van der Waals surface area contributed by atoms with Crippen molar-refractivity contribution in [3.63, 3.8) is 0 Å². The summed E-state index contributed by atoms with van der Waals surface area (Å²) in [7, 11) is 0. The summed E-state index contributed by atoms with van der Waals surface area (Å²) in [5.41, 5.74) is 0.668. The topological polar surface area (TPSA) is 39.4 Å². The zero-order chi connectivity index (χ0) is 14.8. The average Bonchev–Trinajstić information content (AvgIpc) is 2.92. The van der Waals surface area contributed by atoms with Crippen LogP contribution in [0.4, 0.5) is 0 Å². The van der Waals surface area contributed by atoms with Crippen LogP contribution in [0.2, 0.25) is 10.0 Å². The number of benzene rings is 2. The fourth-order valence-electron chi connectivity index (χ4n) is 1.92. The van der Waals surface area contributed by atoms with Crippen LogP contribution < -0.4 is 4.74 Å². The minimum atomic E-state index is -0.262. The molecule has 0 unspecified atom stereocenters. The SMILES string of the molecule is O=C(COc1cc(Cl)ccc1Cl)c1cc2ccccc2o1. The molecule has 0 fully saturated rings. The van der Waals surface area contributed by atoms with Crippen LogP contribution >= 0.6 is 23.2 Å². The first-order valence-electron chi connectivity index (χ1n) is 6.23. The first-order chi connectivity index (χ1) is 10.1. The Bertz CT molecular complexity index is 775. The van der Waals surface area contributed by atoms with Crippen LogP contribution in [0.25, 0.3) is 11.0 Å². The van der Waals surface area contributed by atoms with Crippen molar-refractivity contribution in [2.45, 2.75) is 0 Å². The predicted molar refractivity (Wildman–Crippen MR) is 82.5 cm³/mol. The third kappa shape index (κ3) is 3.04. The van der Waals surface area contributed by atoms with Crippen molar-refractivity contribution in [1.29, 1.82) is 0 Å². The van der Waals surface area contributed by atoms with Crippen LogP contribution in [0.3, 0.4) is 0 Å². The predicted octanol–water partition coefficient (Wildman–Crippen LogP) is 5.00. The van der Waals surface area contributed by atoms with Gasteiger partial charge in [-0.1, -0.05) is 41.4 Å². The van der Waals surface area contributed by atoms with Gasteiger partial charge in [0.25, 0.3) is 0 Å². The smallest absolute Gasteiger partial charge is 0.235 e. The summed E-state index contributed by atoms with van der Waals surface area (Å²) in [6.07, 6.45) is 0. The number of furan rings is 1. The van der Waals surface area contributed by atoms with Gasteiger partial charge in [0.2, 0.25) is 5.78 Å². The van der Waals surface area contributed by atoms with Gasteiger partial charge in [-0.3, -0.25) is 4.79 Å². The molecule has 3 rings (SSSR count). The van der Waals surface area contributed by atoms with Gasteiger partial charge >= 0.3 is 0 Å². The number of para-hydroxylation sites is 1. The van der Waals surface area contributed by atoms with E-state index in [-0.39, 0.29) is 18.2 Å². The van der Waals surface area contributed by atoms with Crippen LogP contribution in [-0.4, -0.2) is 12.4 Å². The maximum Gasteiger partial charge on any atom is 0.235 e. The summed E-state index contributed by atoms with van der Waals surface area (Å²) < 4.78 is 10.9. The highest BCUT2D eigenvalue weighted by Gasteiger charge is 2.14. The van der Waals surface area contributed by atoms with Gasteiger partial charge in [0, 0.05) is 16.5 Å². The molecule has 2 aromatic carbocycles. The van der Waals surface area contributed by atoms with Gasteiger partial charge in [-0.05, 0) is 24.3 Å². The van der Waals surface area contributed by atoms with Gasteiger partial charge in [0.05, 0.1) is 5.02 Å². The monoisotopic (exact) mass is 320 g/mol. The molecule has 3 nitrogen and oxygen atoms in total. The quantitative estimate of drug-likeness (QED) is 0.635. The first kappa shape index (κ1) is 14.0. The van der Waals surface area contributed by atoms with Gasteiger partial charge in [0.15, 0.2) is 12.4 Å². The Kier molecular flexibility index (Phi) is 3.86. The van der Waals surface area contributed by atoms with Crippen molar-refractivity contribution in [3.8, 4) is 5.75 Å². The number of carbonyl (C=O) groups is 1. The molecule has 0 bridgehead atoms. The minimum absolute atomic E-state index is 0.167. The molecular weight excluding hydrogens is 311 g/mol. The second kappa shape index (κ2) is 5.80. The van der Waals surface area contributed by atoms with Crippen LogP contribution in [0.1, 0.15) is 10.6 Å². The lowest BCUT2D eigenvalue weighted by Gasteiger charge is -2.06. The van der Waals surface area contributed by atoms with E-state index < -0.39 is 0 Å². The Morgan fingerprint density at radius 1 is 1.10 bits per heavy atom. The molecule has 3 aromatic rings. The third-order valence-electron chi connectivity index (χ3n) is 2.95. The third-order valence-corrected chi connectivity index (χ3v) is 3.50. The summed E-state index contributed by atoms with van der Waals surface area (Å²) in [5.74, 6) is 0.366. The zero-order valence-corrected chi connectivity index (χ0v) is 12.3. The maximum absolute atomic E-state index is 12.1. The number of Topliss-reactive ketones (excluding diaryl/α,β-unsaturated/α-hetero) is 1. The number of carbonyl (C=O) groups excluding carboxylic acids is 1. The molecule has 0 spiro atoms. The Morgan fingerprint density at radius 2 is 1.90 bits per heavy atom. The van der Waals surface area contributed by atoms with E-state index in [0.29, 0.717) is 21.4 Å². The number of ketones is 1. The second-order valence-corrected chi connectivity index (χ2v) is 5.28. The van der Waals surface area contributed by atoms with E-state index in [9.17, 15) is 4.79 Å². The number of fused-ring (bicyclic) bond motifs is 1. The molecule has 0 saturated heterocycles. The molecule has 0 aliphatic heterocycles. The number of rotatable bonds is 4. The van der Waals surface area contributed by atoms with Crippen LogP contribution in [0.15, 0.2) is 52.9 Å². The molecule has 0 radical (unpaired) electrons. The van der Waals surface area contributed by atoms with E-state index in [1.54, 1.807) is 30.3 Å². The normalized spacial score (nSPS) is 10.8. The number of hydrogen-bond acceptors (Lipinski definition) is 3. The number of ether oxygens (including phenoxy) is 1. The van der Waals surface area contributed by atoms with Crippen molar-refractivity contribution in [2.24, 2.45) is 0 Å². The molecule has 1 aromatic heterocycles. The highest BCUT2D eigenvalue weighted by atomic mass is 35.5. The highest BCUT2D eigenvalue weighted by molar-refractivity contribution is 6.34. The molecular formula is C16H10Cl2O3. The molecule has 0 N–H and O–H groups in total. The fourth-order valence-corrected chi connectivity index (χ4v) is 2.26. The van der Waals surface area contributed by atoms with Gasteiger partial charge in [-0.25, -0.2) is 0 Å². The summed E-state index contributed by atoms with van der Waals surface area (Å²) in [4.78, 5) is 12.1. The lowest BCUT2D eigenvalue weighted by Crippen LogP contribution is -2.10. The highest BCUT2D eigenvalue weighted by Crippen LogP contribution is 2.28. The Morgan fingerprint density at radius 3 is 2.71 bits per heavy atom. The minimum Gasteiger partial charge on any atom is -0.484 e. The second-order valence-electron chi connectivity index (χ2n) is 4.44. The summed E-state index contributed by atoms with van der Waals surface area (Å²) in [5, 5.41) is 1.77. The lowest BCUT2D eigenvalue weighted by atomic mass is 10.2. The van der Waals surface area contributed by atoms with Gasteiger partial charge in [-0.15, -0.1) is 0 Å². The van der Waals surface area contributed by atoms with Crippen LogP contribution in [0, 0.1) is 0 Å². The molecule has 5 heteroatoms. The van der Waals surface area contributed by atoms with Crippen molar-refractivity contribution in [2.75, 3.05) is 6.61 Å². The van der Waals surface area contributed by atoms with E-state index in [1.807, 2.05) is 18.2 Å². The summed E-state index contributed by atoms with van der Waals surface area (Å²) in [6.45, 7) is -0.167. The Hall–Kier alpha value is -1.97. The van der Waals surface area contributed by atoms with Crippen LogP contribution in [-0.2, 0) is 0 Å². The van der Waals surface area contributed by atoms with Crippen molar-refractivity contribution >= 4 is 40.0 Å². The van der Waals surface area contributed by atoms with Gasteiger partial charge in [0.1, 0.15) is 11.3 Å². The molecule has 0 aliphatic carbocycles. The largest absolute Gasteiger partial charge is 0.484 e. The maximum atomic E-state index is 12.1. The first-order valence-corrected chi connectivity index (χ1v) is 6.99. The van der Waals surface area contributed by atoms with E-state index in [4.69, 9.17) is 32.4 Å². The summed E-state index contributed by atoms with van der Waals surface area (Å²) >= 11 is 11.8.